The predicted molar refractivity (Wildman–Crippen MR) is 61.8 cm³/mol. The van der Waals surface area contributed by atoms with E-state index in [0.717, 1.165) is 5.56 Å². The second kappa shape index (κ2) is 4.93. The maximum Gasteiger partial charge on any atom is 0.287 e. The predicted octanol–water partition coefficient (Wildman–Crippen LogP) is 1.38. The van der Waals surface area contributed by atoms with Gasteiger partial charge in [0.15, 0.2) is 5.76 Å². The van der Waals surface area contributed by atoms with E-state index in [-0.39, 0.29) is 16.9 Å². The van der Waals surface area contributed by atoms with E-state index in [1.807, 2.05) is 6.92 Å². The molecule has 0 fully saturated rings. The average molecular weight is 226 g/mol. The average Bonchev–Trinajstić information content (AvgIpc) is 2.60. The molecule has 0 spiro atoms. The van der Waals surface area contributed by atoms with E-state index in [9.17, 15) is 4.79 Å². The van der Waals surface area contributed by atoms with Crippen molar-refractivity contribution in [2.24, 2.45) is 5.73 Å². The summed E-state index contributed by atoms with van der Waals surface area (Å²) in [4.78, 5) is 12.0. The number of carbonyl (C=O) groups is 1. The molecular formula is C10H14N2O2S. The summed E-state index contributed by atoms with van der Waals surface area (Å²) < 4.78 is 5.06. The Hall–Kier alpha value is -1.36. The minimum absolute atomic E-state index is 0.280. The van der Waals surface area contributed by atoms with Crippen LogP contribution >= 0.6 is 12.2 Å². The molecule has 5 heteroatoms. The van der Waals surface area contributed by atoms with E-state index in [1.54, 1.807) is 13.0 Å². The van der Waals surface area contributed by atoms with E-state index >= 15 is 0 Å². The van der Waals surface area contributed by atoms with E-state index in [2.05, 4.69) is 5.32 Å². The highest BCUT2D eigenvalue weighted by molar-refractivity contribution is 7.80. The van der Waals surface area contributed by atoms with Gasteiger partial charge in [-0.3, -0.25) is 4.79 Å². The molecule has 0 saturated heterocycles. The highest BCUT2D eigenvalue weighted by atomic mass is 32.1. The van der Waals surface area contributed by atoms with Gasteiger partial charge in [0.1, 0.15) is 0 Å². The Morgan fingerprint density at radius 3 is 2.80 bits per heavy atom. The van der Waals surface area contributed by atoms with Crippen LogP contribution in [0.5, 0.6) is 0 Å². The fraction of sp³-hybridized carbons (Fsp3) is 0.400. The first-order chi connectivity index (χ1) is 7.06. The molecule has 1 aromatic heterocycles. The Morgan fingerprint density at radius 1 is 1.73 bits per heavy atom. The summed E-state index contributed by atoms with van der Waals surface area (Å²) in [5.74, 6) is 0.0295. The summed E-state index contributed by atoms with van der Waals surface area (Å²) in [6.45, 7) is 3.71. The molecule has 0 aliphatic rings. The van der Waals surface area contributed by atoms with Gasteiger partial charge in [-0.05, 0) is 19.4 Å². The van der Waals surface area contributed by atoms with Crippen molar-refractivity contribution in [3.63, 3.8) is 0 Å². The van der Waals surface area contributed by atoms with Crippen molar-refractivity contribution in [3.05, 3.63) is 23.7 Å². The number of nitrogens with two attached hydrogens (primary N) is 1. The number of carbonyl (C=O) groups excluding carboxylic acids is 1. The maximum atomic E-state index is 11.7. The van der Waals surface area contributed by atoms with Crippen molar-refractivity contribution >= 4 is 23.1 Å². The number of amides is 1. The topological polar surface area (TPSA) is 68.3 Å². The fourth-order valence-corrected chi connectivity index (χ4v) is 1.43. The lowest BCUT2D eigenvalue weighted by molar-refractivity contribution is 0.0917. The van der Waals surface area contributed by atoms with Gasteiger partial charge in [-0.25, -0.2) is 0 Å². The van der Waals surface area contributed by atoms with Crippen LogP contribution in [0.4, 0.5) is 0 Å². The van der Waals surface area contributed by atoms with Gasteiger partial charge >= 0.3 is 0 Å². The van der Waals surface area contributed by atoms with E-state index in [1.165, 1.54) is 6.26 Å². The molecule has 1 rings (SSSR count). The van der Waals surface area contributed by atoms with Gasteiger partial charge in [-0.15, -0.1) is 0 Å². The highest BCUT2D eigenvalue weighted by Gasteiger charge is 2.17. The molecule has 15 heavy (non-hydrogen) atoms. The van der Waals surface area contributed by atoms with Crippen LogP contribution in [0.2, 0.25) is 0 Å². The highest BCUT2D eigenvalue weighted by Crippen LogP contribution is 2.08. The number of thiocarbonyl (C=S) groups is 1. The molecule has 82 valence electrons. The van der Waals surface area contributed by atoms with Crippen LogP contribution in [-0.4, -0.2) is 16.9 Å². The molecular weight excluding hydrogens is 212 g/mol. The summed E-state index contributed by atoms with van der Waals surface area (Å²) in [5, 5.41) is 2.71. The first kappa shape index (κ1) is 11.7. The Morgan fingerprint density at radius 2 is 2.40 bits per heavy atom. The summed E-state index contributed by atoms with van der Waals surface area (Å²) >= 11 is 4.83. The van der Waals surface area contributed by atoms with Crippen molar-refractivity contribution in [1.29, 1.82) is 0 Å². The normalized spacial score (nSPS) is 12.1. The van der Waals surface area contributed by atoms with Crippen molar-refractivity contribution in [3.8, 4) is 0 Å². The van der Waals surface area contributed by atoms with Crippen LogP contribution in [-0.2, 0) is 0 Å². The standard InChI is InChI=1S/C10H14N2O2S/c1-3-7(9(11)15)12-10(13)8-6(2)4-5-14-8/h4-5,7H,3H2,1-2H3,(H2,11,15)(H,12,13). The molecule has 3 N–H and O–H groups in total. The lowest BCUT2D eigenvalue weighted by Crippen LogP contribution is -2.43. The lowest BCUT2D eigenvalue weighted by Gasteiger charge is -2.14. The molecule has 1 unspecified atom stereocenters. The minimum Gasteiger partial charge on any atom is -0.459 e. The van der Waals surface area contributed by atoms with Gasteiger partial charge in [0.2, 0.25) is 0 Å². The molecule has 0 radical (unpaired) electrons. The van der Waals surface area contributed by atoms with Crippen LogP contribution < -0.4 is 11.1 Å². The molecule has 1 atom stereocenters. The third-order valence-corrected chi connectivity index (χ3v) is 2.41. The molecule has 0 aliphatic heterocycles. The third kappa shape index (κ3) is 2.79. The molecule has 1 heterocycles. The number of nitrogens with one attached hydrogen (secondary N) is 1. The number of furan rings is 1. The number of rotatable bonds is 4. The molecule has 0 aliphatic carbocycles. The third-order valence-electron chi connectivity index (χ3n) is 2.13. The van der Waals surface area contributed by atoms with Crippen LogP contribution in [0.1, 0.15) is 29.5 Å². The molecule has 0 bridgehead atoms. The second-order valence-electron chi connectivity index (χ2n) is 3.27. The molecule has 1 aromatic rings. The van der Waals surface area contributed by atoms with E-state index in [4.69, 9.17) is 22.4 Å². The first-order valence-electron chi connectivity index (χ1n) is 4.70. The zero-order valence-corrected chi connectivity index (χ0v) is 9.56. The zero-order valence-electron chi connectivity index (χ0n) is 8.74. The number of hydrogen-bond donors (Lipinski definition) is 2. The Bertz CT molecular complexity index is 373. The Balaban J connectivity index is 2.71. The lowest BCUT2D eigenvalue weighted by atomic mass is 10.2. The smallest absolute Gasteiger partial charge is 0.287 e. The van der Waals surface area contributed by atoms with E-state index in [0.29, 0.717) is 12.2 Å². The molecule has 0 saturated carbocycles. The quantitative estimate of drug-likeness (QED) is 0.761. The van der Waals surface area contributed by atoms with Crippen LogP contribution in [0.3, 0.4) is 0 Å². The molecule has 4 nitrogen and oxygen atoms in total. The maximum absolute atomic E-state index is 11.7. The second-order valence-corrected chi connectivity index (χ2v) is 3.74. The van der Waals surface area contributed by atoms with Crippen LogP contribution in [0.15, 0.2) is 16.7 Å². The van der Waals surface area contributed by atoms with Crippen LogP contribution in [0, 0.1) is 6.92 Å². The van der Waals surface area contributed by atoms with Crippen molar-refractivity contribution in [1.82, 2.24) is 5.32 Å². The van der Waals surface area contributed by atoms with Gasteiger partial charge in [0.05, 0.1) is 17.3 Å². The number of hydrogen-bond acceptors (Lipinski definition) is 3. The monoisotopic (exact) mass is 226 g/mol. The zero-order chi connectivity index (χ0) is 11.4. The van der Waals surface area contributed by atoms with E-state index < -0.39 is 0 Å². The van der Waals surface area contributed by atoms with Crippen molar-refractivity contribution in [2.75, 3.05) is 0 Å². The van der Waals surface area contributed by atoms with Gasteiger partial charge < -0.3 is 15.5 Å². The van der Waals surface area contributed by atoms with Gasteiger partial charge in [0, 0.05) is 5.56 Å². The van der Waals surface area contributed by atoms with Crippen molar-refractivity contribution < 1.29 is 9.21 Å². The largest absolute Gasteiger partial charge is 0.459 e. The summed E-state index contributed by atoms with van der Waals surface area (Å²) in [5.41, 5.74) is 6.27. The van der Waals surface area contributed by atoms with Crippen LogP contribution in [0.25, 0.3) is 0 Å². The van der Waals surface area contributed by atoms with Gasteiger partial charge in [-0.2, -0.15) is 0 Å². The molecule has 1 amide bonds. The minimum atomic E-state index is -0.281. The Kier molecular flexibility index (Phi) is 3.85. The van der Waals surface area contributed by atoms with Gasteiger partial charge in [-0.1, -0.05) is 19.1 Å². The summed E-state index contributed by atoms with van der Waals surface area (Å²) in [6.07, 6.45) is 2.15. The molecule has 0 aromatic carbocycles. The fourth-order valence-electron chi connectivity index (χ4n) is 1.20. The SMILES string of the molecule is CCC(NC(=O)c1occc1C)C(N)=S. The first-order valence-corrected chi connectivity index (χ1v) is 5.11. The number of aryl methyl sites for hydroxylation is 1. The Labute approximate surface area is 93.8 Å². The summed E-state index contributed by atoms with van der Waals surface area (Å²) in [7, 11) is 0. The van der Waals surface area contributed by atoms with Crippen molar-refractivity contribution in [2.45, 2.75) is 26.3 Å². The summed E-state index contributed by atoms with van der Waals surface area (Å²) in [6, 6.07) is 1.45. The van der Waals surface area contributed by atoms with Gasteiger partial charge in [0.25, 0.3) is 5.91 Å².